The summed E-state index contributed by atoms with van der Waals surface area (Å²) in [5.74, 6) is -3.19. The van der Waals surface area contributed by atoms with Crippen LogP contribution in [0.1, 0.15) is 61.9 Å². The number of nitrogens with zero attached hydrogens (tertiary/aromatic N) is 1. The number of carboxylic acid groups (broad SMARTS) is 1. The predicted molar refractivity (Wildman–Crippen MR) is 169 cm³/mol. The first-order valence-corrected chi connectivity index (χ1v) is 15.8. The lowest BCUT2D eigenvalue weighted by Gasteiger charge is -2.48. The van der Waals surface area contributed by atoms with Crippen LogP contribution in [0.3, 0.4) is 0 Å². The van der Waals surface area contributed by atoms with Crippen molar-refractivity contribution < 1.29 is 42.9 Å². The molecule has 4 unspecified atom stereocenters. The fourth-order valence-electron chi connectivity index (χ4n) is 6.12. The molecule has 0 bridgehead atoms. The number of carbonyl (C=O) groups excluding carboxylic acids is 2. The van der Waals surface area contributed by atoms with Crippen LogP contribution in [-0.4, -0.2) is 59.5 Å². The number of ether oxygens (including phenoxy) is 2. The Balaban J connectivity index is 1.23. The van der Waals surface area contributed by atoms with Gasteiger partial charge in [-0.25, -0.2) is 13.6 Å². The minimum absolute atomic E-state index is 0.117. The maximum atomic E-state index is 13.7. The maximum Gasteiger partial charge on any atom is 0.326 e. The fourth-order valence-corrected chi connectivity index (χ4v) is 6.12. The second kappa shape index (κ2) is 14.7. The van der Waals surface area contributed by atoms with E-state index >= 15 is 0 Å². The van der Waals surface area contributed by atoms with Gasteiger partial charge in [-0.05, 0) is 84.7 Å². The van der Waals surface area contributed by atoms with Crippen LogP contribution in [0.5, 0.6) is 0 Å². The van der Waals surface area contributed by atoms with E-state index in [1.165, 1.54) is 36.4 Å². The maximum absolute atomic E-state index is 13.7. The minimum atomic E-state index is -1.10. The summed E-state index contributed by atoms with van der Waals surface area (Å²) in [6, 6.07) is 18.0. The molecule has 2 aliphatic heterocycles. The number of aryl methyl sites for hydroxylation is 1. The van der Waals surface area contributed by atoms with Crippen molar-refractivity contribution in [2.24, 2.45) is 11.8 Å². The number of carbonyl (C=O) groups is 3. The van der Waals surface area contributed by atoms with E-state index in [1.54, 1.807) is 30.9 Å². The van der Waals surface area contributed by atoms with Gasteiger partial charge in [-0.3, -0.25) is 9.59 Å². The van der Waals surface area contributed by atoms with Gasteiger partial charge in [-0.15, -0.1) is 0 Å². The van der Waals surface area contributed by atoms with Gasteiger partial charge >= 0.3 is 5.97 Å². The SMILES string of the molecule is CC(C)C(NC(=O)COC1(CCc2ccc(C3C(CCC(O)c4ccc(F)cc4)C(=O)N3c3ccc(F)cc3)cc2)COC1)C(=O)O. The Hall–Kier alpha value is -4.19. The molecule has 2 amide bonds. The van der Waals surface area contributed by atoms with Crippen LogP contribution >= 0.6 is 0 Å². The number of nitrogens with one attached hydrogen (secondary N) is 1. The van der Waals surface area contributed by atoms with E-state index in [0.29, 0.717) is 50.1 Å². The first kappa shape index (κ1) is 34.2. The molecule has 0 aliphatic carbocycles. The van der Waals surface area contributed by atoms with Crippen LogP contribution in [0.15, 0.2) is 72.8 Å². The van der Waals surface area contributed by atoms with E-state index in [0.717, 1.165) is 11.1 Å². The van der Waals surface area contributed by atoms with Gasteiger partial charge in [0.15, 0.2) is 0 Å². The van der Waals surface area contributed by atoms with Gasteiger partial charge in [0.25, 0.3) is 0 Å². The smallest absolute Gasteiger partial charge is 0.326 e. The number of hydrogen-bond acceptors (Lipinski definition) is 6. The van der Waals surface area contributed by atoms with E-state index in [-0.39, 0.29) is 24.5 Å². The van der Waals surface area contributed by atoms with Gasteiger partial charge in [-0.1, -0.05) is 50.2 Å². The van der Waals surface area contributed by atoms with Gasteiger partial charge < -0.3 is 29.9 Å². The lowest BCUT2D eigenvalue weighted by Crippen LogP contribution is -2.55. The summed E-state index contributed by atoms with van der Waals surface area (Å²) < 4.78 is 38.4. The highest BCUT2D eigenvalue weighted by molar-refractivity contribution is 6.03. The summed E-state index contributed by atoms with van der Waals surface area (Å²) >= 11 is 0. The van der Waals surface area contributed by atoms with Crippen molar-refractivity contribution in [3.05, 3.63) is 101 Å². The van der Waals surface area contributed by atoms with E-state index in [9.17, 15) is 33.4 Å². The monoisotopic (exact) mass is 650 g/mol. The lowest BCUT2D eigenvalue weighted by molar-refractivity contribution is -0.212. The summed E-state index contributed by atoms with van der Waals surface area (Å²) in [5, 5.41) is 22.6. The van der Waals surface area contributed by atoms with Crippen molar-refractivity contribution in [2.75, 3.05) is 24.7 Å². The molecule has 2 heterocycles. The van der Waals surface area contributed by atoms with E-state index in [4.69, 9.17) is 9.47 Å². The van der Waals surface area contributed by atoms with Crippen molar-refractivity contribution in [3.8, 4) is 0 Å². The normalized spacial score (nSPS) is 19.9. The molecule has 5 rings (SSSR count). The first-order chi connectivity index (χ1) is 22.5. The molecule has 250 valence electrons. The molecule has 3 aromatic carbocycles. The van der Waals surface area contributed by atoms with Crippen LogP contribution in [0.25, 0.3) is 0 Å². The largest absolute Gasteiger partial charge is 0.480 e. The summed E-state index contributed by atoms with van der Waals surface area (Å²) in [7, 11) is 0. The van der Waals surface area contributed by atoms with Crippen LogP contribution in [-0.2, 0) is 30.3 Å². The van der Waals surface area contributed by atoms with Gasteiger partial charge in [-0.2, -0.15) is 0 Å². The number of aliphatic carboxylic acids is 1. The average molecular weight is 651 g/mol. The van der Waals surface area contributed by atoms with Crippen LogP contribution in [0, 0.1) is 23.5 Å². The number of anilines is 1. The zero-order valence-electron chi connectivity index (χ0n) is 26.4. The quantitative estimate of drug-likeness (QED) is 0.195. The van der Waals surface area contributed by atoms with E-state index in [1.807, 2.05) is 24.3 Å². The molecular weight excluding hydrogens is 610 g/mol. The Bertz CT molecular complexity index is 1540. The second-order valence-electron chi connectivity index (χ2n) is 12.7. The van der Waals surface area contributed by atoms with Crippen LogP contribution in [0.4, 0.5) is 14.5 Å². The first-order valence-electron chi connectivity index (χ1n) is 15.8. The average Bonchev–Trinajstić information content (AvgIpc) is 3.03. The Morgan fingerprint density at radius 1 is 1.00 bits per heavy atom. The Kier molecular flexibility index (Phi) is 10.7. The minimum Gasteiger partial charge on any atom is -0.480 e. The molecule has 0 aromatic heterocycles. The molecule has 0 saturated carbocycles. The standard InChI is InChI=1S/C36H40F2N2O7/c1-22(2)32(35(44)45)39-31(42)19-47-36(20-46-21-36)18-17-23-3-5-25(6-4-23)33-29(15-16-30(41)24-7-9-26(37)10-8-24)34(43)40(33)28-13-11-27(38)12-14-28/h3-14,22,29-30,32-33,41H,15-21H2,1-2H3,(H,39,42)(H,44,45). The topological polar surface area (TPSA) is 125 Å². The number of carboxylic acids is 1. The molecular formula is C36H40F2N2O7. The van der Waals surface area contributed by atoms with Crippen LogP contribution in [0.2, 0.25) is 0 Å². The molecule has 9 nitrogen and oxygen atoms in total. The molecule has 47 heavy (non-hydrogen) atoms. The number of aliphatic hydroxyl groups excluding tert-OH is 1. The van der Waals surface area contributed by atoms with Gasteiger partial charge in [0.05, 0.1) is 31.3 Å². The molecule has 2 aliphatic rings. The molecule has 0 radical (unpaired) electrons. The zero-order valence-corrected chi connectivity index (χ0v) is 26.4. The van der Waals surface area contributed by atoms with Gasteiger partial charge in [0, 0.05) is 5.69 Å². The second-order valence-corrected chi connectivity index (χ2v) is 12.7. The van der Waals surface area contributed by atoms with Crippen molar-refractivity contribution in [1.82, 2.24) is 5.32 Å². The molecule has 3 N–H and O–H groups in total. The molecule has 0 spiro atoms. The van der Waals surface area contributed by atoms with Crippen molar-refractivity contribution in [3.63, 3.8) is 0 Å². The molecule has 11 heteroatoms. The number of β-lactam (4-membered cyclic amide) rings is 1. The lowest BCUT2D eigenvalue weighted by atomic mass is 9.78. The third kappa shape index (κ3) is 8.04. The molecule has 3 aromatic rings. The number of hydrogen-bond donors (Lipinski definition) is 3. The summed E-state index contributed by atoms with van der Waals surface area (Å²) in [6.07, 6.45) is 1.08. The highest BCUT2D eigenvalue weighted by Crippen LogP contribution is 2.46. The number of benzene rings is 3. The third-order valence-electron chi connectivity index (χ3n) is 9.00. The van der Waals surface area contributed by atoms with Gasteiger partial charge in [0.2, 0.25) is 11.8 Å². The third-order valence-corrected chi connectivity index (χ3v) is 9.00. The Labute approximate surface area is 272 Å². The van der Waals surface area contributed by atoms with Gasteiger partial charge in [0.1, 0.15) is 29.9 Å². The summed E-state index contributed by atoms with van der Waals surface area (Å²) in [5.41, 5.74) is 2.42. The molecule has 2 saturated heterocycles. The zero-order chi connectivity index (χ0) is 33.7. The number of amides is 2. The van der Waals surface area contributed by atoms with Crippen LogP contribution < -0.4 is 10.2 Å². The number of halogens is 2. The summed E-state index contributed by atoms with van der Waals surface area (Å²) in [4.78, 5) is 38.9. The Morgan fingerprint density at radius 2 is 1.62 bits per heavy atom. The number of rotatable bonds is 15. The van der Waals surface area contributed by atoms with Crippen molar-refractivity contribution in [2.45, 2.75) is 63.3 Å². The Morgan fingerprint density at radius 3 is 2.17 bits per heavy atom. The highest BCUT2D eigenvalue weighted by atomic mass is 19.1. The van der Waals surface area contributed by atoms with E-state index < -0.39 is 47.2 Å². The summed E-state index contributed by atoms with van der Waals surface area (Å²) in [6.45, 7) is 3.82. The van der Waals surface area contributed by atoms with E-state index in [2.05, 4.69) is 5.32 Å². The molecule has 4 atom stereocenters. The molecule has 2 fully saturated rings. The van der Waals surface area contributed by atoms with Crippen molar-refractivity contribution in [1.29, 1.82) is 0 Å². The fraction of sp³-hybridized carbons (Fsp3) is 0.417. The predicted octanol–water partition coefficient (Wildman–Crippen LogP) is 5.13. The van der Waals surface area contributed by atoms with Crippen molar-refractivity contribution >= 4 is 23.5 Å². The number of aliphatic hydroxyl groups is 1. The highest BCUT2D eigenvalue weighted by Gasteiger charge is 2.48.